The van der Waals surface area contributed by atoms with E-state index in [1.54, 1.807) is 10.6 Å². The van der Waals surface area contributed by atoms with Gasteiger partial charge in [0.25, 0.3) is 5.78 Å². The van der Waals surface area contributed by atoms with Crippen molar-refractivity contribution in [3.8, 4) is 0 Å². The summed E-state index contributed by atoms with van der Waals surface area (Å²) in [6.07, 6.45) is 1.61. The highest BCUT2D eigenvalue weighted by Gasteiger charge is 2.18. The van der Waals surface area contributed by atoms with Gasteiger partial charge in [-0.2, -0.15) is 19.6 Å². The van der Waals surface area contributed by atoms with Crippen molar-refractivity contribution in [1.82, 2.24) is 24.5 Å². The van der Waals surface area contributed by atoms with Gasteiger partial charge in [0.05, 0.1) is 12.7 Å². The Bertz CT molecular complexity index is 573. The van der Waals surface area contributed by atoms with Gasteiger partial charge in [-0.05, 0) is 7.05 Å². The number of nitrogens with one attached hydrogen (secondary N) is 1. The van der Waals surface area contributed by atoms with E-state index in [1.165, 1.54) is 6.33 Å². The summed E-state index contributed by atoms with van der Waals surface area (Å²) in [5.41, 5.74) is 0. The summed E-state index contributed by atoms with van der Waals surface area (Å²) in [4.78, 5) is 10.4. The fraction of sp³-hybridized carbons (Fsp3) is 0.545. The first-order valence-electron chi connectivity index (χ1n) is 6.12. The lowest BCUT2D eigenvalue weighted by Gasteiger charge is -2.30. The molecule has 1 saturated heterocycles. The van der Waals surface area contributed by atoms with Gasteiger partial charge in [-0.3, -0.25) is 0 Å². The number of hydrogen-bond donors (Lipinski definition) is 1. The van der Waals surface area contributed by atoms with Crippen molar-refractivity contribution in [2.75, 3.05) is 38.6 Å². The van der Waals surface area contributed by atoms with E-state index in [1.807, 2.05) is 0 Å². The summed E-state index contributed by atoms with van der Waals surface area (Å²) < 4.78 is 7.32. The normalized spacial score (nSPS) is 20.8. The van der Waals surface area contributed by atoms with Crippen molar-refractivity contribution in [1.29, 1.82) is 0 Å². The van der Waals surface area contributed by atoms with Crippen LogP contribution in [0.2, 0.25) is 5.15 Å². The summed E-state index contributed by atoms with van der Waals surface area (Å²) in [6, 6.07) is 1.73. The minimum Gasteiger partial charge on any atom is -0.374 e. The SMILES string of the molecule is CN1CCOC(CNc2cc(Cl)nc3ncnn23)C1. The molecule has 1 atom stereocenters. The zero-order valence-electron chi connectivity index (χ0n) is 10.6. The Balaban J connectivity index is 1.72. The highest BCUT2D eigenvalue weighted by atomic mass is 35.5. The van der Waals surface area contributed by atoms with E-state index in [0.717, 1.165) is 25.5 Å². The molecular formula is C11H15ClN6O. The Morgan fingerprint density at radius 1 is 1.58 bits per heavy atom. The lowest BCUT2D eigenvalue weighted by atomic mass is 10.3. The zero-order valence-corrected chi connectivity index (χ0v) is 11.3. The minimum absolute atomic E-state index is 0.157. The van der Waals surface area contributed by atoms with Crippen LogP contribution >= 0.6 is 11.6 Å². The Morgan fingerprint density at radius 2 is 2.47 bits per heavy atom. The number of fused-ring (bicyclic) bond motifs is 1. The highest BCUT2D eigenvalue weighted by molar-refractivity contribution is 6.29. The van der Waals surface area contributed by atoms with Crippen molar-refractivity contribution < 1.29 is 4.74 Å². The van der Waals surface area contributed by atoms with Crippen LogP contribution in [0.15, 0.2) is 12.4 Å². The van der Waals surface area contributed by atoms with Crippen LogP contribution in [0.4, 0.5) is 5.82 Å². The summed E-state index contributed by atoms with van der Waals surface area (Å²) in [7, 11) is 2.09. The molecule has 3 rings (SSSR count). The number of aromatic nitrogens is 4. The summed E-state index contributed by atoms with van der Waals surface area (Å²) >= 11 is 5.95. The summed E-state index contributed by atoms with van der Waals surface area (Å²) in [5.74, 6) is 1.25. The molecule has 0 saturated carbocycles. The van der Waals surface area contributed by atoms with Crippen LogP contribution in [0.25, 0.3) is 5.78 Å². The van der Waals surface area contributed by atoms with E-state index in [2.05, 4.69) is 32.3 Å². The van der Waals surface area contributed by atoms with Crippen molar-refractivity contribution in [2.45, 2.75) is 6.10 Å². The van der Waals surface area contributed by atoms with Crippen molar-refractivity contribution in [2.24, 2.45) is 0 Å². The van der Waals surface area contributed by atoms with E-state index in [-0.39, 0.29) is 6.10 Å². The van der Waals surface area contributed by atoms with Gasteiger partial charge < -0.3 is 15.0 Å². The number of morpholine rings is 1. The molecule has 0 spiro atoms. The summed E-state index contributed by atoms with van der Waals surface area (Å²) in [5, 5.41) is 7.79. The number of nitrogens with zero attached hydrogens (tertiary/aromatic N) is 5. The van der Waals surface area contributed by atoms with Gasteiger partial charge in [0.15, 0.2) is 0 Å². The molecule has 1 N–H and O–H groups in total. The van der Waals surface area contributed by atoms with E-state index in [4.69, 9.17) is 16.3 Å². The Morgan fingerprint density at radius 3 is 3.32 bits per heavy atom. The molecule has 19 heavy (non-hydrogen) atoms. The molecule has 0 aromatic carbocycles. The standard InChI is InChI=1S/C11H15ClN6O/c1-17-2-3-19-8(6-17)5-13-10-4-9(12)16-11-14-7-15-18(10)11/h4,7-8,13H,2-3,5-6H2,1H3. The van der Waals surface area contributed by atoms with Crippen LogP contribution in [-0.4, -0.2) is 63.9 Å². The van der Waals surface area contributed by atoms with E-state index >= 15 is 0 Å². The van der Waals surface area contributed by atoms with Gasteiger partial charge in [0, 0.05) is 25.7 Å². The number of ether oxygens (including phenoxy) is 1. The third-order valence-electron chi connectivity index (χ3n) is 3.07. The van der Waals surface area contributed by atoms with Gasteiger partial charge in [-0.15, -0.1) is 0 Å². The lowest BCUT2D eigenvalue weighted by molar-refractivity contribution is -0.0117. The Kier molecular flexibility index (Phi) is 3.50. The van der Waals surface area contributed by atoms with E-state index in [9.17, 15) is 0 Å². The topological polar surface area (TPSA) is 67.6 Å². The van der Waals surface area contributed by atoms with Gasteiger partial charge in [-0.1, -0.05) is 11.6 Å². The van der Waals surface area contributed by atoms with Crippen LogP contribution in [0.3, 0.4) is 0 Å². The molecule has 1 aliphatic heterocycles. The van der Waals surface area contributed by atoms with Gasteiger partial charge >= 0.3 is 0 Å². The second-order valence-corrected chi connectivity index (χ2v) is 4.96. The summed E-state index contributed by atoms with van der Waals surface area (Å²) in [6.45, 7) is 3.34. The van der Waals surface area contributed by atoms with Crippen molar-refractivity contribution in [3.05, 3.63) is 17.5 Å². The first kappa shape index (κ1) is 12.6. The molecule has 8 heteroatoms. The maximum atomic E-state index is 5.95. The molecule has 102 valence electrons. The monoisotopic (exact) mass is 282 g/mol. The average molecular weight is 283 g/mol. The molecule has 0 radical (unpaired) electrons. The second-order valence-electron chi connectivity index (χ2n) is 4.57. The fourth-order valence-electron chi connectivity index (χ4n) is 2.12. The average Bonchev–Trinajstić information content (AvgIpc) is 2.84. The van der Waals surface area contributed by atoms with Crippen LogP contribution in [0.5, 0.6) is 0 Å². The van der Waals surface area contributed by atoms with Crippen LogP contribution in [-0.2, 0) is 4.74 Å². The third kappa shape index (κ3) is 2.78. The fourth-order valence-corrected chi connectivity index (χ4v) is 2.30. The van der Waals surface area contributed by atoms with E-state index < -0.39 is 0 Å². The maximum Gasteiger partial charge on any atom is 0.255 e. The molecule has 0 amide bonds. The van der Waals surface area contributed by atoms with Gasteiger partial charge in [-0.25, -0.2) is 0 Å². The molecule has 3 heterocycles. The predicted octanol–water partition coefficient (Wildman–Crippen LogP) is 0.520. The molecule has 2 aromatic heterocycles. The number of hydrogen-bond acceptors (Lipinski definition) is 6. The molecule has 0 bridgehead atoms. The molecule has 0 aliphatic carbocycles. The van der Waals surface area contributed by atoms with E-state index in [0.29, 0.717) is 17.5 Å². The van der Waals surface area contributed by atoms with Crippen LogP contribution in [0.1, 0.15) is 0 Å². The molecule has 1 fully saturated rings. The van der Waals surface area contributed by atoms with Gasteiger partial charge in [0.2, 0.25) is 0 Å². The molecular weight excluding hydrogens is 268 g/mol. The zero-order chi connectivity index (χ0) is 13.2. The van der Waals surface area contributed by atoms with Crippen LogP contribution in [0, 0.1) is 0 Å². The molecule has 7 nitrogen and oxygen atoms in total. The molecule has 1 aliphatic rings. The van der Waals surface area contributed by atoms with Gasteiger partial charge in [0.1, 0.15) is 17.3 Å². The highest BCUT2D eigenvalue weighted by Crippen LogP contribution is 2.15. The second kappa shape index (κ2) is 5.28. The van der Waals surface area contributed by atoms with Crippen molar-refractivity contribution >= 4 is 23.2 Å². The first-order chi connectivity index (χ1) is 9.22. The largest absolute Gasteiger partial charge is 0.374 e. The first-order valence-corrected chi connectivity index (χ1v) is 6.50. The number of likely N-dealkylation sites (N-methyl/N-ethyl adjacent to an activating group) is 1. The molecule has 2 aromatic rings. The number of halogens is 1. The number of anilines is 1. The quantitative estimate of drug-likeness (QED) is 0.828. The Hall–Kier alpha value is -1.44. The predicted molar refractivity (Wildman–Crippen MR) is 71.5 cm³/mol. The Labute approximate surface area is 115 Å². The van der Waals surface area contributed by atoms with Crippen LogP contribution < -0.4 is 5.32 Å². The van der Waals surface area contributed by atoms with Crippen molar-refractivity contribution in [3.63, 3.8) is 0 Å². The number of rotatable bonds is 3. The maximum absolute atomic E-state index is 5.95. The lowest BCUT2D eigenvalue weighted by Crippen LogP contribution is -2.43. The third-order valence-corrected chi connectivity index (χ3v) is 3.27. The minimum atomic E-state index is 0.157. The molecule has 1 unspecified atom stereocenters. The smallest absolute Gasteiger partial charge is 0.255 e.